The summed E-state index contributed by atoms with van der Waals surface area (Å²) in [5.74, 6) is 0. The van der Waals surface area contributed by atoms with Crippen LogP contribution in [0.1, 0.15) is 25.7 Å². The molecule has 1 N–H and O–H groups in total. The van der Waals surface area contributed by atoms with Gasteiger partial charge in [0, 0.05) is 0 Å². The first kappa shape index (κ1) is 18.7. The summed E-state index contributed by atoms with van der Waals surface area (Å²) in [4.78, 5) is 0. The number of piperidine rings is 1. The van der Waals surface area contributed by atoms with Gasteiger partial charge in [-0.15, -0.1) is 0 Å². The summed E-state index contributed by atoms with van der Waals surface area (Å²) in [7, 11) is 2.43. The Hall–Kier alpha value is -1.10. The molecule has 2 aromatic rings. The first-order valence-electron chi connectivity index (χ1n) is 9.74. The Balaban J connectivity index is 1.82. The standard InChI is InChI=1S/C22H32GeNO/c1-24(17-9-4-10-18-24)19-11-16-23(20-25,21-12-5-2-6-13-21)22-14-7-3-8-15-22/h2-3,5-8,12-15,25H,4,9-11,16-20H2,1H3/q+1. The molecule has 0 amide bonds. The fraction of sp³-hybridized carbons (Fsp3) is 0.455. The van der Waals surface area contributed by atoms with Crippen molar-refractivity contribution in [2.75, 3.05) is 32.1 Å². The molecular formula is C22H32GeNO+. The Morgan fingerprint density at radius 2 is 1.36 bits per heavy atom. The van der Waals surface area contributed by atoms with Crippen molar-refractivity contribution < 1.29 is 9.59 Å². The Labute approximate surface area is 155 Å². The summed E-state index contributed by atoms with van der Waals surface area (Å²) in [6, 6.07) is 21.7. The molecule has 0 radical (unpaired) electrons. The summed E-state index contributed by atoms with van der Waals surface area (Å²) < 4.78 is 4.06. The third kappa shape index (κ3) is 4.36. The molecule has 2 nitrogen and oxygen atoms in total. The van der Waals surface area contributed by atoms with Gasteiger partial charge in [-0.1, -0.05) is 0 Å². The first-order chi connectivity index (χ1) is 12.2. The van der Waals surface area contributed by atoms with E-state index < -0.39 is 13.3 Å². The number of aliphatic hydroxyl groups excluding tert-OH is 1. The van der Waals surface area contributed by atoms with Crippen LogP contribution in [0.15, 0.2) is 60.7 Å². The SMILES string of the molecule is C[N+]1(CC[CH2][Ge]([CH2]O)([c]2ccccc2)[c]2ccccc2)CCCCC1. The minimum atomic E-state index is -2.72. The molecule has 0 atom stereocenters. The molecule has 1 heterocycles. The van der Waals surface area contributed by atoms with Gasteiger partial charge in [0.05, 0.1) is 0 Å². The van der Waals surface area contributed by atoms with E-state index in [0.29, 0.717) is 5.44 Å². The molecule has 1 fully saturated rings. The van der Waals surface area contributed by atoms with Crippen LogP contribution < -0.4 is 8.79 Å². The fourth-order valence-electron chi connectivity index (χ4n) is 4.49. The van der Waals surface area contributed by atoms with Gasteiger partial charge in [0.25, 0.3) is 0 Å². The normalized spacial score (nSPS) is 17.4. The number of hydrogen-bond donors (Lipinski definition) is 1. The number of nitrogens with zero attached hydrogens (tertiary/aromatic N) is 1. The van der Waals surface area contributed by atoms with E-state index in [1.165, 1.54) is 63.8 Å². The number of likely N-dealkylation sites (tertiary alicyclic amines) is 1. The molecule has 134 valence electrons. The molecule has 3 heteroatoms. The Kier molecular flexibility index (Phi) is 6.37. The predicted molar refractivity (Wildman–Crippen MR) is 109 cm³/mol. The van der Waals surface area contributed by atoms with Gasteiger partial charge in [0.2, 0.25) is 0 Å². The second-order valence-electron chi connectivity index (χ2n) is 7.93. The number of aliphatic hydroxyl groups is 1. The zero-order valence-electron chi connectivity index (χ0n) is 15.5. The molecule has 0 aromatic heterocycles. The summed E-state index contributed by atoms with van der Waals surface area (Å²) in [6.07, 6.45) is 5.38. The summed E-state index contributed by atoms with van der Waals surface area (Å²) in [5, 5.41) is 11.7. The van der Waals surface area contributed by atoms with Crippen LogP contribution >= 0.6 is 0 Å². The molecule has 0 spiro atoms. The van der Waals surface area contributed by atoms with E-state index in [1.807, 2.05) is 0 Å². The second kappa shape index (κ2) is 8.52. The van der Waals surface area contributed by atoms with Crippen LogP contribution in [-0.2, 0) is 0 Å². The van der Waals surface area contributed by atoms with Gasteiger partial charge >= 0.3 is 155 Å². The van der Waals surface area contributed by atoms with Crippen molar-refractivity contribution in [3.63, 3.8) is 0 Å². The molecule has 1 saturated heterocycles. The van der Waals surface area contributed by atoms with Crippen LogP contribution in [0.2, 0.25) is 5.25 Å². The van der Waals surface area contributed by atoms with Gasteiger partial charge in [0.15, 0.2) is 0 Å². The molecular weight excluding hydrogens is 367 g/mol. The third-order valence-electron chi connectivity index (χ3n) is 6.12. The molecule has 1 aliphatic rings. The number of benzene rings is 2. The van der Waals surface area contributed by atoms with Crippen LogP contribution in [0.25, 0.3) is 0 Å². The van der Waals surface area contributed by atoms with Crippen molar-refractivity contribution in [2.45, 2.75) is 30.9 Å². The molecule has 0 unspecified atom stereocenters. The van der Waals surface area contributed by atoms with Gasteiger partial charge in [0.1, 0.15) is 0 Å². The molecule has 1 aliphatic heterocycles. The van der Waals surface area contributed by atoms with E-state index in [-0.39, 0.29) is 0 Å². The topological polar surface area (TPSA) is 20.2 Å². The zero-order chi connectivity index (χ0) is 17.6. The average molecular weight is 399 g/mol. The van der Waals surface area contributed by atoms with Crippen LogP contribution in [-0.4, -0.2) is 55.0 Å². The maximum atomic E-state index is 10.6. The predicted octanol–water partition coefficient (Wildman–Crippen LogP) is 2.80. The fourth-order valence-corrected chi connectivity index (χ4v) is 12.6. The van der Waals surface area contributed by atoms with Crippen LogP contribution in [0, 0.1) is 0 Å². The Morgan fingerprint density at radius 1 is 0.840 bits per heavy atom. The zero-order valence-corrected chi connectivity index (χ0v) is 17.6. The number of rotatable bonds is 7. The second-order valence-corrected chi connectivity index (χ2v) is 16.6. The van der Waals surface area contributed by atoms with Gasteiger partial charge in [-0.3, -0.25) is 0 Å². The van der Waals surface area contributed by atoms with Crippen molar-refractivity contribution >= 4 is 22.1 Å². The number of quaternary nitrogens is 1. The van der Waals surface area contributed by atoms with E-state index in [2.05, 4.69) is 67.7 Å². The van der Waals surface area contributed by atoms with E-state index in [4.69, 9.17) is 0 Å². The van der Waals surface area contributed by atoms with Gasteiger partial charge in [-0.05, 0) is 0 Å². The quantitative estimate of drug-likeness (QED) is 0.561. The monoisotopic (exact) mass is 400 g/mol. The van der Waals surface area contributed by atoms with Crippen LogP contribution in [0.5, 0.6) is 0 Å². The molecule has 0 saturated carbocycles. The first-order valence-corrected chi connectivity index (χ1v) is 14.8. The minimum absolute atomic E-state index is 0.345. The van der Waals surface area contributed by atoms with Crippen LogP contribution in [0.4, 0.5) is 0 Å². The average Bonchev–Trinajstić information content (AvgIpc) is 2.67. The van der Waals surface area contributed by atoms with E-state index in [1.54, 1.807) is 0 Å². The van der Waals surface area contributed by atoms with Gasteiger partial charge in [-0.2, -0.15) is 0 Å². The van der Waals surface area contributed by atoms with Gasteiger partial charge < -0.3 is 0 Å². The van der Waals surface area contributed by atoms with Gasteiger partial charge in [-0.25, -0.2) is 0 Å². The van der Waals surface area contributed by atoms with Crippen molar-refractivity contribution in [1.82, 2.24) is 0 Å². The maximum absolute atomic E-state index is 10.6. The molecule has 25 heavy (non-hydrogen) atoms. The molecule has 0 aliphatic carbocycles. The van der Waals surface area contributed by atoms with E-state index in [9.17, 15) is 5.11 Å². The molecule has 2 aromatic carbocycles. The van der Waals surface area contributed by atoms with Crippen molar-refractivity contribution in [2.24, 2.45) is 0 Å². The van der Waals surface area contributed by atoms with E-state index in [0.717, 1.165) is 0 Å². The number of hydrogen-bond acceptors (Lipinski definition) is 1. The summed E-state index contributed by atoms with van der Waals surface area (Å²) >= 11 is -2.72. The Morgan fingerprint density at radius 3 is 1.84 bits per heavy atom. The van der Waals surface area contributed by atoms with Crippen molar-refractivity contribution in [3.8, 4) is 0 Å². The third-order valence-corrected chi connectivity index (χ3v) is 15.8. The van der Waals surface area contributed by atoms with Crippen LogP contribution in [0.3, 0.4) is 0 Å². The summed E-state index contributed by atoms with van der Waals surface area (Å²) in [6.45, 7) is 3.91. The molecule has 3 rings (SSSR count). The van der Waals surface area contributed by atoms with E-state index >= 15 is 0 Å². The Bertz CT molecular complexity index is 598. The van der Waals surface area contributed by atoms with Crippen molar-refractivity contribution in [3.05, 3.63) is 60.7 Å². The summed E-state index contributed by atoms with van der Waals surface area (Å²) in [5.41, 5.74) is 0.345. The van der Waals surface area contributed by atoms with Crippen molar-refractivity contribution in [1.29, 1.82) is 0 Å². The molecule has 0 bridgehead atoms.